The average Bonchev–Trinajstić information content (AvgIpc) is 2.28. The predicted octanol–water partition coefficient (Wildman–Crippen LogP) is 2.43. The number of hydrazone groups is 1. The van der Waals surface area contributed by atoms with Crippen molar-refractivity contribution in [2.24, 2.45) is 10.8 Å². The number of nitrogens with zero attached hydrogens (tertiary/aromatic N) is 1. The van der Waals surface area contributed by atoms with E-state index in [0.717, 1.165) is 15.9 Å². The van der Waals surface area contributed by atoms with Crippen LogP contribution in [0.15, 0.2) is 33.8 Å². The summed E-state index contributed by atoms with van der Waals surface area (Å²) in [6, 6.07) is 7.60. The van der Waals surface area contributed by atoms with Gasteiger partial charge in [0.15, 0.2) is 5.11 Å². The van der Waals surface area contributed by atoms with E-state index in [1.165, 1.54) is 0 Å². The van der Waals surface area contributed by atoms with Crippen molar-refractivity contribution >= 4 is 39.0 Å². The van der Waals surface area contributed by atoms with Crippen LogP contribution in [0.3, 0.4) is 0 Å². The lowest BCUT2D eigenvalue weighted by Gasteiger charge is -2.14. The molecule has 0 spiro atoms. The molecule has 1 aromatic carbocycles. The molecule has 0 heterocycles. The van der Waals surface area contributed by atoms with Crippen LogP contribution in [0.5, 0.6) is 5.75 Å². The first-order valence-corrected chi connectivity index (χ1v) is 6.21. The van der Waals surface area contributed by atoms with Gasteiger partial charge in [0.1, 0.15) is 11.9 Å². The van der Waals surface area contributed by atoms with E-state index in [0.29, 0.717) is 0 Å². The molecule has 0 aliphatic rings. The number of nitrogens with two attached hydrogens (primary N) is 1. The molecular weight excluding hydrogens is 302 g/mol. The molecule has 0 fully saturated rings. The second-order valence-corrected chi connectivity index (χ2v) is 4.80. The minimum Gasteiger partial charge on any atom is -0.485 e. The summed E-state index contributed by atoms with van der Waals surface area (Å²) >= 11 is 8.02. The summed E-state index contributed by atoms with van der Waals surface area (Å²) in [4.78, 5) is 0. The highest BCUT2D eigenvalue weighted by molar-refractivity contribution is 9.10. The van der Waals surface area contributed by atoms with Crippen LogP contribution in [0.4, 0.5) is 0 Å². The van der Waals surface area contributed by atoms with Crippen molar-refractivity contribution in [2.45, 2.75) is 20.0 Å². The number of benzene rings is 1. The van der Waals surface area contributed by atoms with E-state index in [-0.39, 0.29) is 11.2 Å². The normalized spacial score (nSPS) is 13.0. The molecular formula is C11H14BrN3OS. The van der Waals surface area contributed by atoms with Gasteiger partial charge in [-0.15, -0.1) is 0 Å². The zero-order chi connectivity index (χ0) is 12.8. The molecule has 0 radical (unpaired) electrons. The molecule has 0 saturated carbocycles. The molecule has 3 N–H and O–H groups in total. The second kappa shape index (κ2) is 6.56. The lowest BCUT2D eigenvalue weighted by atomic mass is 10.2. The maximum absolute atomic E-state index is 5.69. The zero-order valence-electron chi connectivity index (χ0n) is 9.61. The van der Waals surface area contributed by atoms with Crippen molar-refractivity contribution < 1.29 is 4.74 Å². The quantitative estimate of drug-likeness (QED) is 0.509. The highest BCUT2D eigenvalue weighted by atomic mass is 79.9. The van der Waals surface area contributed by atoms with Crippen LogP contribution in [0.25, 0.3) is 0 Å². The molecule has 1 atom stereocenters. The number of thiocarbonyl (C=S) groups is 1. The Labute approximate surface area is 114 Å². The predicted molar refractivity (Wildman–Crippen MR) is 77.3 cm³/mol. The molecule has 17 heavy (non-hydrogen) atoms. The van der Waals surface area contributed by atoms with Crippen molar-refractivity contribution in [2.75, 3.05) is 0 Å². The molecule has 0 aliphatic carbocycles. The lowest BCUT2D eigenvalue weighted by molar-refractivity contribution is 0.285. The van der Waals surface area contributed by atoms with E-state index >= 15 is 0 Å². The molecule has 0 amide bonds. The number of hydrogen-bond donors (Lipinski definition) is 2. The van der Waals surface area contributed by atoms with Gasteiger partial charge in [0.25, 0.3) is 0 Å². The summed E-state index contributed by atoms with van der Waals surface area (Å²) < 4.78 is 6.70. The summed E-state index contributed by atoms with van der Waals surface area (Å²) in [5.74, 6) is 0.783. The average molecular weight is 316 g/mol. The van der Waals surface area contributed by atoms with Crippen LogP contribution in [0, 0.1) is 0 Å². The van der Waals surface area contributed by atoms with Crippen molar-refractivity contribution in [3.8, 4) is 5.75 Å². The van der Waals surface area contributed by atoms with Crippen molar-refractivity contribution in [3.63, 3.8) is 0 Å². The first-order chi connectivity index (χ1) is 7.99. The van der Waals surface area contributed by atoms with E-state index in [1.807, 2.05) is 38.1 Å². The van der Waals surface area contributed by atoms with Gasteiger partial charge in [0.05, 0.1) is 5.71 Å². The van der Waals surface area contributed by atoms with Crippen LogP contribution in [-0.4, -0.2) is 16.9 Å². The SMILES string of the molecule is C/C(=N\NC(N)=S)C(C)Oc1ccc(Br)cc1. The Hall–Kier alpha value is -1.14. The summed E-state index contributed by atoms with van der Waals surface area (Å²) in [5.41, 5.74) is 8.57. The largest absolute Gasteiger partial charge is 0.485 e. The fourth-order valence-electron chi connectivity index (χ4n) is 1.04. The van der Waals surface area contributed by atoms with Crippen molar-refractivity contribution in [3.05, 3.63) is 28.7 Å². The molecule has 0 aliphatic heterocycles. The van der Waals surface area contributed by atoms with Gasteiger partial charge in [-0.3, -0.25) is 5.43 Å². The van der Waals surface area contributed by atoms with Gasteiger partial charge in [-0.25, -0.2) is 0 Å². The fourth-order valence-corrected chi connectivity index (χ4v) is 1.35. The Morgan fingerprint density at radius 1 is 1.47 bits per heavy atom. The van der Waals surface area contributed by atoms with Crippen LogP contribution < -0.4 is 15.9 Å². The molecule has 1 aromatic rings. The molecule has 0 saturated heterocycles. The maximum atomic E-state index is 5.69. The molecule has 0 aromatic heterocycles. The number of rotatable bonds is 4. The molecule has 0 bridgehead atoms. The summed E-state index contributed by atoms with van der Waals surface area (Å²) in [7, 11) is 0. The van der Waals surface area contributed by atoms with E-state index in [4.69, 9.17) is 10.5 Å². The third-order valence-electron chi connectivity index (χ3n) is 2.06. The number of halogens is 1. The maximum Gasteiger partial charge on any atom is 0.184 e. The minimum atomic E-state index is -0.155. The Bertz CT molecular complexity index is 419. The number of ether oxygens (including phenoxy) is 1. The molecule has 6 heteroatoms. The monoisotopic (exact) mass is 315 g/mol. The van der Waals surface area contributed by atoms with Crippen molar-refractivity contribution in [1.29, 1.82) is 0 Å². The Balaban J connectivity index is 2.59. The summed E-state index contributed by atoms with van der Waals surface area (Å²) in [6.07, 6.45) is -0.155. The van der Waals surface area contributed by atoms with E-state index in [9.17, 15) is 0 Å². The first kappa shape index (κ1) is 13.9. The number of hydrogen-bond acceptors (Lipinski definition) is 3. The van der Waals surface area contributed by atoms with Gasteiger partial charge >= 0.3 is 0 Å². The van der Waals surface area contributed by atoms with Gasteiger partial charge in [-0.2, -0.15) is 5.10 Å². The zero-order valence-corrected chi connectivity index (χ0v) is 12.0. The molecule has 1 unspecified atom stereocenters. The van der Waals surface area contributed by atoms with Gasteiger partial charge in [-0.05, 0) is 50.3 Å². The van der Waals surface area contributed by atoms with Crippen LogP contribution in [0.2, 0.25) is 0 Å². The molecule has 4 nitrogen and oxygen atoms in total. The van der Waals surface area contributed by atoms with E-state index in [1.54, 1.807) is 0 Å². The third kappa shape index (κ3) is 5.14. The lowest BCUT2D eigenvalue weighted by Crippen LogP contribution is -2.29. The van der Waals surface area contributed by atoms with Gasteiger partial charge in [-0.1, -0.05) is 15.9 Å². The standard InChI is InChI=1S/C11H14BrN3OS/c1-7(14-15-11(13)17)8(2)16-10-5-3-9(12)4-6-10/h3-6,8H,1-2H3,(H3,13,15,17)/b14-7+. The molecule has 92 valence electrons. The first-order valence-electron chi connectivity index (χ1n) is 5.01. The van der Waals surface area contributed by atoms with E-state index < -0.39 is 0 Å². The highest BCUT2D eigenvalue weighted by Crippen LogP contribution is 2.17. The van der Waals surface area contributed by atoms with Crippen LogP contribution >= 0.6 is 28.1 Å². The number of nitrogens with one attached hydrogen (secondary N) is 1. The minimum absolute atomic E-state index is 0.139. The van der Waals surface area contributed by atoms with E-state index in [2.05, 4.69) is 38.7 Å². The summed E-state index contributed by atoms with van der Waals surface area (Å²) in [5, 5.41) is 4.14. The summed E-state index contributed by atoms with van der Waals surface area (Å²) in [6.45, 7) is 3.75. The topological polar surface area (TPSA) is 59.6 Å². The Morgan fingerprint density at radius 2 is 2.06 bits per heavy atom. The third-order valence-corrected chi connectivity index (χ3v) is 2.68. The smallest absolute Gasteiger partial charge is 0.184 e. The van der Waals surface area contributed by atoms with Crippen molar-refractivity contribution in [1.82, 2.24) is 5.43 Å². The molecule has 1 rings (SSSR count). The second-order valence-electron chi connectivity index (χ2n) is 3.44. The van der Waals surface area contributed by atoms with Gasteiger partial charge in [0.2, 0.25) is 0 Å². The van der Waals surface area contributed by atoms with Crippen LogP contribution in [0.1, 0.15) is 13.8 Å². The van der Waals surface area contributed by atoms with Crippen LogP contribution in [-0.2, 0) is 0 Å². The Morgan fingerprint density at radius 3 is 2.59 bits per heavy atom. The Kier molecular flexibility index (Phi) is 5.37. The highest BCUT2D eigenvalue weighted by Gasteiger charge is 2.07. The fraction of sp³-hybridized carbons (Fsp3) is 0.273. The van der Waals surface area contributed by atoms with Gasteiger partial charge < -0.3 is 10.5 Å². The van der Waals surface area contributed by atoms with Gasteiger partial charge in [0, 0.05) is 4.47 Å².